The molecule has 3 heteroatoms. The van der Waals surface area contributed by atoms with Crippen molar-refractivity contribution in [2.24, 2.45) is 0 Å². The Hall–Kier alpha value is -2.26. The van der Waals surface area contributed by atoms with E-state index >= 15 is 0 Å². The summed E-state index contributed by atoms with van der Waals surface area (Å²) in [4.78, 5) is 9.30. The van der Waals surface area contributed by atoms with Crippen LogP contribution in [0.5, 0.6) is 0 Å². The van der Waals surface area contributed by atoms with E-state index in [-0.39, 0.29) is 0 Å². The average Bonchev–Trinajstić information content (AvgIpc) is 3.47. The molecule has 0 aliphatic heterocycles. The topological polar surface area (TPSA) is 46.0 Å². The highest BCUT2D eigenvalue weighted by Crippen LogP contribution is 2.42. The first-order valence-corrected chi connectivity index (χ1v) is 9.52. The maximum absolute atomic E-state index is 10.2. The highest BCUT2D eigenvalue weighted by Gasteiger charge is 2.27. The summed E-state index contributed by atoms with van der Waals surface area (Å²) < 4.78 is 0. The Bertz CT molecular complexity index is 875. The fraction of sp³-hybridized carbons (Fsp3) is 0.391. The first-order valence-electron chi connectivity index (χ1n) is 9.52. The third-order valence-electron chi connectivity index (χ3n) is 5.01. The largest absolute Gasteiger partial charge is 0.388 e. The van der Waals surface area contributed by atoms with E-state index in [2.05, 4.69) is 43.6 Å². The number of rotatable bonds is 7. The standard InChI is InChI=1S/C23H28N2O/c1-5-7-22(26)16(4)12-15(3)19(6-2)21-13-18-14-24-11-10-20(18)23(25-21)17-8-9-17/h6,10-14,17,22,26H,4-5,7-9H2,1-3H3/b15-12-,19-6+. The Morgan fingerprint density at radius 3 is 2.85 bits per heavy atom. The van der Waals surface area contributed by atoms with E-state index in [1.54, 1.807) is 0 Å². The summed E-state index contributed by atoms with van der Waals surface area (Å²) in [6, 6.07) is 4.19. The van der Waals surface area contributed by atoms with Crippen LogP contribution in [0.15, 0.2) is 54.4 Å². The Labute approximate surface area is 156 Å². The minimum Gasteiger partial charge on any atom is -0.388 e. The van der Waals surface area contributed by atoms with Crippen molar-refractivity contribution in [1.82, 2.24) is 9.97 Å². The van der Waals surface area contributed by atoms with Gasteiger partial charge in [-0.15, -0.1) is 0 Å². The van der Waals surface area contributed by atoms with Crippen LogP contribution in [-0.2, 0) is 0 Å². The number of aliphatic hydroxyl groups is 1. The van der Waals surface area contributed by atoms with Crippen molar-refractivity contribution in [2.45, 2.75) is 58.5 Å². The zero-order chi connectivity index (χ0) is 18.7. The van der Waals surface area contributed by atoms with E-state index in [1.165, 1.54) is 23.9 Å². The van der Waals surface area contributed by atoms with E-state index < -0.39 is 6.10 Å². The lowest BCUT2D eigenvalue weighted by Crippen LogP contribution is -2.07. The lowest BCUT2D eigenvalue weighted by atomic mass is 9.96. The van der Waals surface area contributed by atoms with Gasteiger partial charge in [0, 0.05) is 29.1 Å². The molecule has 0 aromatic carbocycles. The predicted molar refractivity (Wildman–Crippen MR) is 109 cm³/mol. The maximum atomic E-state index is 10.2. The van der Waals surface area contributed by atoms with Crippen molar-refractivity contribution in [3.05, 3.63) is 65.8 Å². The summed E-state index contributed by atoms with van der Waals surface area (Å²) >= 11 is 0. The average molecular weight is 348 g/mol. The Morgan fingerprint density at radius 1 is 1.42 bits per heavy atom. The van der Waals surface area contributed by atoms with Crippen LogP contribution in [-0.4, -0.2) is 21.2 Å². The molecule has 0 saturated heterocycles. The lowest BCUT2D eigenvalue weighted by Gasteiger charge is -2.14. The van der Waals surface area contributed by atoms with Crippen LogP contribution in [0, 0.1) is 0 Å². The molecular formula is C23H28N2O. The molecule has 1 saturated carbocycles. The zero-order valence-corrected chi connectivity index (χ0v) is 16.0. The summed E-state index contributed by atoms with van der Waals surface area (Å²) in [6.07, 6.45) is 11.5. The maximum Gasteiger partial charge on any atom is 0.0784 e. The van der Waals surface area contributed by atoms with E-state index in [9.17, 15) is 5.11 Å². The van der Waals surface area contributed by atoms with E-state index in [4.69, 9.17) is 4.98 Å². The van der Waals surface area contributed by atoms with Crippen LogP contribution in [0.4, 0.5) is 0 Å². The molecule has 136 valence electrons. The highest BCUT2D eigenvalue weighted by molar-refractivity contribution is 5.89. The van der Waals surface area contributed by atoms with Crippen LogP contribution < -0.4 is 0 Å². The van der Waals surface area contributed by atoms with E-state index in [0.717, 1.165) is 40.6 Å². The molecule has 2 aromatic rings. The van der Waals surface area contributed by atoms with Gasteiger partial charge in [-0.25, -0.2) is 0 Å². The van der Waals surface area contributed by atoms with Crippen molar-refractivity contribution < 1.29 is 5.11 Å². The Balaban J connectivity index is 1.99. The molecule has 1 N–H and O–H groups in total. The van der Waals surface area contributed by atoms with Crippen molar-refractivity contribution >= 4 is 16.3 Å². The van der Waals surface area contributed by atoms with E-state index in [0.29, 0.717) is 5.92 Å². The molecule has 0 bridgehead atoms. The van der Waals surface area contributed by atoms with E-state index in [1.807, 2.05) is 25.4 Å². The van der Waals surface area contributed by atoms with Gasteiger partial charge in [0.1, 0.15) is 0 Å². The van der Waals surface area contributed by atoms with Gasteiger partial charge in [0.2, 0.25) is 0 Å². The number of aliphatic hydroxyl groups excluding tert-OH is 1. The quantitative estimate of drug-likeness (QED) is 0.665. The number of aromatic nitrogens is 2. The van der Waals surface area contributed by atoms with Gasteiger partial charge in [0.05, 0.1) is 17.5 Å². The lowest BCUT2D eigenvalue weighted by molar-refractivity contribution is 0.203. The molecule has 0 amide bonds. The van der Waals surface area contributed by atoms with Crippen molar-refractivity contribution in [3.63, 3.8) is 0 Å². The monoisotopic (exact) mass is 348 g/mol. The second kappa shape index (κ2) is 7.96. The van der Waals surface area contributed by atoms with Crippen LogP contribution in [0.2, 0.25) is 0 Å². The second-order valence-corrected chi connectivity index (χ2v) is 7.17. The van der Waals surface area contributed by atoms with Gasteiger partial charge in [-0.1, -0.05) is 32.1 Å². The first-order chi connectivity index (χ1) is 12.5. The molecular weight excluding hydrogens is 320 g/mol. The zero-order valence-electron chi connectivity index (χ0n) is 16.0. The number of hydrogen-bond donors (Lipinski definition) is 1. The summed E-state index contributed by atoms with van der Waals surface area (Å²) in [7, 11) is 0. The summed E-state index contributed by atoms with van der Waals surface area (Å²) in [5.41, 5.74) is 5.08. The van der Waals surface area contributed by atoms with Gasteiger partial charge in [0.25, 0.3) is 0 Å². The SMILES string of the molecule is C=C(/C=C(C)\C(=C/C)c1cc2cnccc2c(C2CC2)n1)C(O)CCC. The minimum atomic E-state index is -0.483. The summed E-state index contributed by atoms with van der Waals surface area (Å²) in [5, 5.41) is 12.5. The molecule has 2 aromatic heterocycles. The molecule has 0 spiro atoms. The van der Waals surface area contributed by atoms with Crippen LogP contribution >= 0.6 is 0 Å². The molecule has 3 rings (SSSR count). The molecule has 1 unspecified atom stereocenters. The van der Waals surface area contributed by atoms with Crippen molar-refractivity contribution in [3.8, 4) is 0 Å². The van der Waals surface area contributed by atoms with Gasteiger partial charge >= 0.3 is 0 Å². The summed E-state index contributed by atoms with van der Waals surface area (Å²) in [6.45, 7) is 10.2. The number of nitrogens with zero attached hydrogens (tertiary/aromatic N) is 2. The first kappa shape index (κ1) is 18.5. The van der Waals surface area contributed by atoms with Crippen LogP contribution in [0.3, 0.4) is 0 Å². The molecule has 1 atom stereocenters. The second-order valence-electron chi connectivity index (χ2n) is 7.17. The molecule has 0 radical (unpaired) electrons. The molecule has 1 fully saturated rings. The van der Waals surface area contributed by atoms with Crippen molar-refractivity contribution in [2.75, 3.05) is 0 Å². The predicted octanol–water partition coefficient (Wildman–Crippen LogP) is 5.57. The van der Waals surface area contributed by atoms with Gasteiger partial charge in [-0.05, 0) is 62.0 Å². The molecule has 1 aliphatic carbocycles. The number of pyridine rings is 2. The highest BCUT2D eigenvalue weighted by atomic mass is 16.3. The number of hydrogen-bond acceptors (Lipinski definition) is 3. The van der Waals surface area contributed by atoms with Crippen LogP contribution in [0.25, 0.3) is 16.3 Å². The summed E-state index contributed by atoms with van der Waals surface area (Å²) in [5.74, 6) is 0.573. The van der Waals surface area contributed by atoms with Gasteiger partial charge in [-0.2, -0.15) is 0 Å². The van der Waals surface area contributed by atoms with Gasteiger partial charge in [0.15, 0.2) is 0 Å². The fourth-order valence-corrected chi connectivity index (χ4v) is 3.42. The molecule has 3 nitrogen and oxygen atoms in total. The Morgan fingerprint density at radius 2 is 2.19 bits per heavy atom. The van der Waals surface area contributed by atoms with Gasteiger partial charge < -0.3 is 5.11 Å². The number of allylic oxidation sites excluding steroid dienone is 3. The van der Waals surface area contributed by atoms with Crippen molar-refractivity contribution in [1.29, 1.82) is 0 Å². The third-order valence-corrected chi connectivity index (χ3v) is 5.01. The molecule has 2 heterocycles. The Kier molecular flexibility index (Phi) is 5.67. The minimum absolute atomic E-state index is 0.483. The smallest absolute Gasteiger partial charge is 0.0784 e. The number of fused-ring (bicyclic) bond motifs is 1. The molecule has 26 heavy (non-hydrogen) atoms. The normalized spacial score (nSPS) is 16.8. The van der Waals surface area contributed by atoms with Gasteiger partial charge in [-0.3, -0.25) is 9.97 Å². The third kappa shape index (κ3) is 3.94. The fourth-order valence-electron chi connectivity index (χ4n) is 3.42. The molecule has 1 aliphatic rings. The van der Waals surface area contributed by atoms with Crippen LogP contribution in [0.1, 0.15) is 63.8 Å².